The molecular weight excluding hydrogens is 320 g/mol. The fourth-order valence-electron chi connectivity index (χ4n) is 2.63. The predicted octanol–water partition coefficient (Wildman–Crippen LogP) is 4.06. The normalized spacial score (nSPS) is 20.5. The molecular formula is C15H23BrN2S. The molecule has 4 heteroatoms. The first kappa shape index (κ1) is 15.2. The average molecular weight is 343 g/mol. The van der Waals surface area contributed by atoms with Crippen LogP contribution in [0.3, 0.4) is 0 Å². The van der Waals surface area contributed by atoms with Crippen molar-refractivity contribution >= 4 is 33.4 Å². The van der Waals surface area contributed by atoms with E-state index in [0.717, 1.165) is 11.0 Å². The molecule has 1 aromatic carbocycles. The van der Waals surface area contributed by atoms with E-state index >= 15 is 0 Å². The summed E-state index contributed by atoms with van der Waals surface area (Å²) in [5, 5.41) is 3.52. The molecule has 1 N–H and O–H groups in total. The molecule has 1 aromatic rings. The van der Waals surface area contributed by atoms with Crippen LogP contribution in [-0.4, -0.2) is 31.1 Å². The summed E-state index contributed by atoms with van der Waals surface area (Å²) in [6.07, 6.45) is 1.30. The van der Waals surface area contributed by atoms with Crippen LogP contribution in [0, 0.1) is 0 Å². The lowest BCUT2D eigenvalue weighted by atomic mass is 10.0. The maximum atomic E-state index is 3.60. The first-order chi connectivity index (χ1) is 9.13. The van der Waals surface area contributed by atoms with E-state index in [1.165, 1.54) is 29.2 Å². The first-order valence-electron chi connectivity index (χ1n) is 6.97. The van der Waals surface area contributed by atoms with Gasteiger partial charge in [-0.1, -0.05) is 22.9 Å². The number of rotatable bonds is 5. The van der Waals surface area contributed by atoms with Crippen LogP contribution < -0.4 is 10.2 Å². The molecule has 2 unspecified atom stereocenters. The van der Waals surface area contributed by atoms with E-state index in [9.17, 15) is 0 Å². The summed E-state index contributed by atoms with van der Waals surface area (Å²) >= 11 is 5.66. The van der Waals surface area contributed by atoms with Crippen molar-refractivity contribution in [2.24, 2.45) is 0 Å². The van der Waals surface area contributed by atoms with Crippen LogP contribution in [0.15, 0.2) is 22.7 Å². The summed E-state index contributed by atoms with van der Waals surface area (Å²) in [5.74, 6) is 2.55. The van der Waals surface area contributed by atoms with Gasteiger partial charge < -0.3 is 10.2 Å². The van der Waals surface area contributed by atoms with Crippen molar-refractivity contribution in [1.29, 1.82) is 0 Å². The summed E-state index contributed by atoms with van der Waals surface area (Å²) in [6.45, 7) is 5.40. The Morgan fingerprint density at radius 2 is 2.32 bits per heavy atom. The second-order valence-corrected chi connectivity index (χ2v) is 7.18. The molecule has 0 spiro atoms. The van der Waals surface area contributed by atoms with Crippen LogP contribution in [0.2, 0.25) is 0 Å². The molecule has 1 aliphatic rings. The molecule has 106 valence electrons. The topological polar surface area (TPSA) is 15.3 Å². The number of anilines is 1. The van der Waals surface area contributed by atoms with Crippen molar-refractivity contribution in [3.63, 3.8) is 0 Å². The Labute approximate surface area is 129 Å². The van der Waals surface area contributed by atoms with Crippen molar-refractivity contribution in [2.75, 3.05) is 30.0 Å². The largest absolute Gasteiger partial charge is 0.370 e. The minimum atomic E-state index is 0.383. The van der Waals surface area contributed by atoms with Crippen molar-refractivity contribution in [2.45, 2.75) is 32.4 Å². The van der Waals surface area contributed by atoms with Crippen molar-refractivity contribution < 1.29 is 0 Å². The molecule has 1 aliphatic heterocycles. The Morgan fingerprint density at radius 1 is 1.53 bits per heavy atom. The Morgan fingerprint density at radius 3 is 2.95 bits per heavy atom. The monoisotopic (exact) mass is 342 g/mol. The molecule has 2 rings (SSSR count). The number of benzene rings is 1. The lowest BCUT2D eigenvalue weighted by Crippen LogP contribution is -2.33. The lowest BCUT2D eigenvalue weighted by molar-refractivity contribution is 0.592. The van der Waals surface area contributed by atoms with E-state index in [-0.39, 0.29) is 0 Å². The molecule has 0 saturated carbocycles. The molecule has 0 radical (unpaired) electrons. The van der Waals surface area contributed by atoms with Crippen LogP contribution in [0.1, 0.15) is 31.9 Å². The van der Waals surface area contributed by atoms with Gasteiger partial charge in [-0.3, -0.25) is 0 Å². The summed E-state index contributed by atoms with van der Waals surface area (Å²) in [7, 11) is 2.24. The van der Waals surface area contributed by atoms with Gasteiger partial charge in [0.1, 0.15) is 0 Å². The quantitative estimate of drug-likeness (QED) is 0.868. The van der Waals surface area contributed by atoms with E-state index < -0.39 is 0 Å². The SMILES string of the molecule is CCNC(C)c1cc(Br)ccc1N(C)C1CCSC1. The van der Waals surface area contributed by atoms with Crippen LogP contribution in [-0.2, 0) is 0 Å². The Kier molecular flexibility index (Phi) is 5.60. The van der Waals surface area contributed by atoms with Crippen LogP contribution in [0.5, 0.6) is 0 Å². The molecule has 1 fully saturated rings. The highest BCUT2D eigenvalue weighted by Gasteiger charge is 2.23. The third kappa shape index (κ3) is 3.67. The smallest absolute Gasteiger partial charge is 0.0415 e. The van der Waals surface area contributed by atoms with E-state index in [2.05, 4.69) is 77.0 Å². The summed E-state index contributed by atoms with van der Waals surface area (Å²) in [5.41, 5.74) is 2.75. The maximum absolute atomic E-state index is 3.60. The third-order valence-corrected chi connectivity index (χ3v) is 5.44. The van der Waals surface area contributed by atoms with Gasteiger partial charge in [-0.15, -0.1) is 0 Å². The number of hydrogen-bond donors (Lipinski definition) is 1. The van der Waals surface area contributed by atoms with Gasteiger partial charge in [0.05, 0.1) is 0 Å². The number of halogens is 1. The minimum Gasteiger partial charge on any atom is -0.370 e. The maximum Gasteiger partial charge on any atom is 0.0415 e. The molecule has 1 saturated heterocycles. The molecule has 2 nitrogen and oxygen atoms in total. The van der Waals surface area contributed by atoms with Crippen LogP contribution in [0.4, 0.5) is 5.69 Å². The number of nitrogens with one attached hydrogen (secondary N) is 1. The first-order valence-corrected chi connectivity index (χ1v) is 8.91. The van der Waals surface area contributed by atoms with Gasteiger partial charge in [0.2, 0.25) is 0 Å². The molecule has 0 amide bonds. The van der Waals surface area contributed by atoms with Gasteiger partial charge in [-0.25, -0.2) is 0 Å². The molecule has 19 heavy (non-hydrogen) atoms. The van der Waals surface area contributed by atoms with E-state index in [1.54, 1.807) is 0 Å². The zero-order chi connectivity index (χ0) is 13.8. The summed E-state index contributed by atoms with van der Waals surface area (Å²) in [6, 6.07) is 7.71. The number of thioether (sulfide) groups is 1. The minimum absolute atomic E-state index is 0.383. The third-order valence-electron chi connectivity index (χ3n) is 3.80. The van der Waals surface area contributed by atoms with E-state index in [4.69, 9.17) is 0 Å². The standard InChI is InChI=1S/C15H23BrN2S/c1-4-17-11(2)14-9-12(16)5-6-15(14)18(3)13-7-8-19-10-13/h5-6,9,11,13,17H,4,7-8,10H2,1-3H3. The molecule has 0 aromatic heterocycles. The Bertz CT molecular complexity index is 419. The predicted molar refractivity (Wildman–Crippen MR) is 90.4 cm³/mol. The Balaban J connectivity index is 2.27. The molecule has 0 aliphatic carbocycles. The molecule has 2 atom stereocenters. The summed E-state index contributed by atoms with van der Waals surface area (Å²) in [4.78, 5) is 2.47. The average Bonchev–Trinajstić information content (AvgIpc) is 2.92. The zero-order valence-electron chi connectivity index (χ0n) is 11.9. The van der Waals surface area contributed by atoms with Crippen LogP contribution in [0.25, 0.3) is 0 Å². The van der Waals surface area contributed by atoms with Gasteiger partial charge in [0.15, 0.2) is 0 Å². The zero-order valence-corrected chi connectivity index (χ0v) is 14.4. The van der Waals surface area contributed by atoms with Gasteiger partial charge in [-0.2, -0.15) is 11.8 Å². The second-order valence-electron chi connectivity index (χ2n) is 5.11. The highest BCUT2D eigenvalue weighted by atomic mass is 79.9. The molecule has 1 heterocycles. The number of hydrogen-bond acceptors (Lipinski definition) is 3. The van der Waals surface area contributed by atoms with Crippen molar-refractivity contribution in [1.82, 2.24) is 5.32 Å². The summed E-state index contributed by atoms with van der Waals surface area (Å²) < 4.78 is 1.16. The lowest BCUT2D eigenvalue weighted by Gasteiger charge is -2.30. The fraction of sp³-hybridized carbons (Fsp3) is 0.600. The van der Waals surface area contributed by atoms with E-state index in [0.29, 0.717) is 12.1 Å². The van der Waals surface area contributed by atoms with E-state index in [1.807, 2.05) is 0 Å². The van der Waals surface area contributed by atoms with Crippen molar-refractivity contribution in [3.05, 3.63) is 28.2 Å². The van der Waals surface area contributed by atoms with Gasteiger partial charge >= 0.3 is 0 Å². The van der Waals surface area contributed by atoms with Gasteiger partial charge in [-0.05, 0) is 49.4 Å². The Hall–Kier alpha value is -0.190. The van der Waals surface area contributed by atoms with Crippen LogP contribution >= 0.6 is 27.7 Å². The highest BCUT2D eigenvalue weighted by Crippen LogP contribution is 2.33. The fourth-order valence-corrected chi connectivity index (χ4v) is 4.28. The molecule has 0 bridgehead atoms. The van der Waals surface area contributed by atoms with Crippen molar-refractivity contribution in [3.8, 4) is 0 Å². The van der Waals surface area contributed by atoms with Gasteiger partial charge in [0.25, 0.3) is 0 Å². The number of nitrogens with zero attached hydrogens (tertiary/aromatic N) is 1. The highest BCUT2D eigenvalue weighted by molar-refractivity contribution is 9.10. The second kappa shape index (κ2) is 7.00. The van der Waals surface area contributed by atoms with Gasteiger partial charge in [0, 0.05) is 35.0 Å².